The molecule has 5 heteroatoms. The predicted molar refractivity (Wildman–Crippen MR) is 76.3 cm³/mol. The maximum atomic E-state index is 14.0. The van der Waals surface area contributed by atoms with Crippen molar-refractivity contribution in [3.05, 3.63) is 35.8 Å². The molecule has 0 atom stereocenters. The highest BCUT2D eigenvalue weighted by Gasteiger charge is 2.22. The summed E-state index contributed by atoms with van der Waals surface area (Å²) in [4.78, 5) is 12.2. The summed E-state index contributed by atoms with van der Waals surface area (Å²) in [7, 11) is 0. The number of nitrogens with two attached hydrogens (primary N) is 1. The number of carbonyl (C=O) groups excluding carboxylic acids is 1. The van der Waals surface area contributed by atoms with E-state index in [4.69, 9.17) is 10.5 Å². The molecule has 20 heavy (non-hydrogen) atoms. The monoisotopic (exact) mass is 278 g/mol. The van der Waals surface area contributed by atoms with Crippen LogP contribution in [-0.4, -0.2) is 22.8 Å². The molecule has 0 saturated carbocycles. The number of carbonyl (C=O) groups is 1. The first-order valence-corrected chi connectivity index (χ1v) is 6.55. The van der Waals surface area contributed by atoms with Gasteiger partial charge in [0.25, 0.3) is 0 Å². The van der Waals surface area contributed by atoms with Gasteiger partial charge < -0.3 is 10.5 Å². The third-order valence-electron chi connectivity index (χ3n) is 2.86. The second kappa shape index (κ2) is 5.25. The van der Waals surface area contributed by atoms with E-state index in [1.54, 1.807) is 39.1 Å². The fourth-order valence-electron chi connectivity index (χ4n) is 2.12. The molecule has 0 radical (unpaired) electrons. The summed E-state index contributed by atoms with van der Waals surface area (Å²) in [6, 6.07) is 4.73. The number of benzene rings is 1. The zero-order chi connectivity index (χ0) is 14.9. The standard InChI is InChI=1S/C15H19FN2O2/c1-15(2,3)20-14(19)18-9-10(7-8-17)11-5-4-6-12(16)13(11)18/h4-6,9H,7-8,17H2,1-3H3. The molecule has 108 valence electrons. The molecule has 0 aliphatic carbocycles. The number of hydrogen-bond donors (Lipinski definition) is 1. The molecule has 2 aromatic rings. The fourth-order valence-corrected chi connectivity index (χ4v) is 2.12. The van der Waals surface area contributed by atoms with Crippen molar-refractivity contribution in [3.63, 3.8) is 0 Å². The molecule has 1 heterocycles. The number of para-hydroxylation sites is 1. The van der Waals surface area contributed by atoms with E-state index in [0.717, 1.165) is 5.56 Å². The Kier molecular flexibility index (Phi) is 3.81. The van der Waals surface area contributed by atoms with E-state index in [0.29, 0.717) is 18.4 Å². The van der Waals surface area contributed by atoms with Gasteiger partial charge in [-0.2, -0.15) is 0 Å². The van der Waals surface area contributed by atoms with Crippen molar-refractivity contribution in [1.29, 1.82) is 0 Å². The van der Waals surface area contributed by atoms with Crippen molar-refractivity contribution >= 4 is 17.0 Å². The van der Waals surface area contributed by atoms with E-state index in [1.807, 2.05) is 0 Å². The molecule has 0 saturated heterocycles. The van der Waals surface area contributed by atoms with Gasteiger partial charge in [0.15, 0.2) is 0 Å². The minimum Gasteiger partial charge on any atom is -0.443 e. The Hall–Kier alpha value is -1.88. The SMILES string of the molecule is CC(C)(C)OC(=O)n1cc(CCN)c2cccc(F)c21. The summed E-state index contributed by atoms with van der Waals surface area (Å²) < 4.78 is 20.6. The third-order valence-corrected chi connectivity index (χ3v) is 2.86. The van der Waals surface area contributed by atoms with Gasteiger partial charge in [0.1, 0.15) is 11.4 Å². The van der Waals surface area contributed by atoms with Crippen molar-refractivity contribution in [3.8, 4) is 0 Å². The number of hydrogen-bond acceptors (Lipinski definition) is 3. The number of rotatable bonds is 2. The molecule has 2 rings (SSSR count). The lowest BCUT2D eigenvalue weighted by Crippen LogP contribution is -2.26. The highest BCUT2D eigenvalue weighted by atomic mass is 19.1. The van der Waals surface area contributed by atoms with E-state index in [9.17, 15) is 9.18 Å². The maximum absolute atomic E-state index is 14.0. The van der Waals surface area contributed by atoms with Gasteiger partial charge in [-0.15, -0.1) is 0 Å². The van der Waals surface area contributed by atoms with Crippen LogP contribution in [-0.2, 0) is 11.2 Å². The summed E-state index contributed by atoms with van der Waals surface area (Å²) in [6.45, 7) is 5.75. The van der Waals surface area contributed by atoms with Gasteiger partial charge in [0.2, 0.25) is 0 Å². The van der Waals surface area contributed by atoms with Crippen molar-refractivity contribution in [2.45, 2.75) is 32.8 Å². The van der Waals surface area contributed by atoms with Crippen LogP contribution in [0.15, 0.2) is 24.4 Å². The second-order valence-corrected chi connectivity index (χ2v) is 5.68. The molecule has 1 aromatic heterocycles. The van der Waals surface area contributed by atoms with Gasteiger partial charge in [0.05, 0.1) is 5.52 Å². The Bertz CT molecular complexity index is 641. The van der Waals surface area contributed by atoms with E-state index in [1.165, 1.54) is 10.6 Å². The zero-order valence-corrected chi connectivity index (χ0v) is 11.9. The number of aromatic nitrogens is 1. The van der Waals surface area contributed by atoms with Crippen LogP contribution in [0, 0.1) is 5.82 Å². The molecule has 0 fully saturated rings. The summed E-state index contributed by atoms with van der Waals surface area (Å²) >= 11 is 0. The third kappa shape index (κ3) is 2.82. The van der Waals surface area contributed by atoms with Crippen molar-refractivity contribution in [2.24, 2.45) is 5.73 Å². The summed E-state index contributed by atoms with van der Waals surface area (Å²) in [5, 5.41) is 0.696. The number of nitrogens with zero attached hydrogens (tertiary/aromatic N) is 1. The van der Waals surface area contributed by atoms with Gasteiger partial charge >= 0.3 is 6.09 Å². The molecule has 0 amide bonds. The smallest absolute Gasteiger partial charge is 0.419 e. The van der Waals surface area contributed by atoms with Crippen LogP contribution in [0.2, 0.25) is 0 Å². The average Bonchev–Trinajstić information content (AvgIpc) is 2.68. The summed E-state index contributed by atoms with van der Waals surface area (Å²) in [6.07, 6.45) is 1.60. The van der Waals surface area contributed by atoms with E-state index in [-0.39, 0.29) is 5.52 Å². The van der Waals surface area contributed by atoms with Crippen LogP contribution in [0.1, 0.15) is 26.3 Å². The Morgan fingerprint density at radius 1 is 1.40 bits per heavy atom. The Morgan fingerprint density at radius 2 is 2.10 bits per heavy atom. The molecule has 4 nitrogen and oxygen atoms in total. The lowest BCUT2D eigenvalue weighted by Gasteiger charge is -2.19. The van der Waals surface area contributed by atoms with E-state index >= 15 is 0 Å². The highest BCUT2D eigenvalue weighted by Crippen LogP contribution is 2.25. The van der Waals surface area contributed by atoms with Crippen LogP contribution in [0.25, 0.3) is 10.9 Å². The Labute approximate surface area is 117 Å². The molecular weight excluding hydrogens is 259 g/mol. The van der Waals surface area contributed by atoms with Gasteiger partial charge in [-0.1, -0.05) is 12.1 Å². The normalized spacial score (nSPS) is 11.8. The highest BCUT2D eigenvalue weighted by molar-refractivity contribution is 5.92. The number of ether oxygens (including phenoxy) is 1. The van der Waals surface area contributed by atoms with Gasteiger partial charge in [-0.05, 0) is 45.4 Å². The van der Waals surface area contributed by atoms with Crippen molar-refractivity contribution < 1.29 is 13.9 Å². The number of halogens is 1. The lowest BCUT2D eigenvalue weighted by molar-refractivity contribution is 0.0543. The van der Waals surface area contributed by atoms with Crippen LogP contribution >= 0.6 is 0 Å². The molecule has 0 spiro atoms. The van der Waals surface area contributed by atoms with E-state index in [2.05, 4.69) is 0 Å². The van der Waals surface area contributed by atoms with E-state index < -0.39 is 17.5 Å². The molecule has 1 aromatic carbocycles. The van der Waals surface area contributed by atoms with Crippen LogP contribution < -0.4 is 5.73 Å². The largest absolute Gasteiger partial charge is 0.443 e. The minimum absolute atomic E-state index is 0.241. The predicted octanol–water partition coefficient (Wildman–Crippen LogP) is 3.06. The fraction of sp³-hybridized carbons (Fsp3) is 0.400. The molecule has 2 N–H and O–H groups in total. The van der Waals surface area contributed by atoms with Crippen LogP contribution in [0.4, 0.5) is 9.18 Å². The quantitative estimate of drug-likeness (QED) is 0.918. The van der Waals surface area contributed by atoms with Gasteiger partial charge in [-0.25, -0.2) is 13.8 Å². The topological polar surface area (TPSA) is 57.2 Å². The first-order chi connectivity index (χ1) is 9.33. The molecule has 0 unspecified atom stereocenters. The number of fused-ring (bicyclic) bond motifs is 1. The summed E-state index contributed by atoms with van der Waals surface area (Å²) in [5.41, 5.74) is 6.01. The van der Waals surface area contributed by atoms with Gasteiger partial charge in [0, 0.05) is 11.6 Å². The van der Waals surface area contributed by atoms with Crippen LogP contribution in [0.3, 0.4) is 0 Å². The first kappa shape index (κ1) is 14.5. The minimum atomic E-state index is -0.632. The Balaban J connectivity index is 2.55. The maximum Gasteiger partial charge on any atom is 0.419 e. The van der Waals surface area contributed by atoms with Gasteiger partial charge in [-0.3, -0.25) is 0 Å². The second-order valence-electron chi connectivity index (χ2n) is 5.68. The zero-order valence-electron chi connectivity index (χ0n) is 11.9. The molecule has 0 aliphatic heterocycles. The molecule has 0 bridgehead atoms. The van der Waals surface area contributed by atoms with Crippen LogP contribution in [0.5, 0.6) is 0 Å². The molecular formula is C15H19FN2O2. The first-order valence-electron chi connectivity index (χ1n) is 6.55. The average molecular weight is 278 g/mol. The van der Waals surface area contributed by atoms with Crippen molar-refractivity contribution in [2.75, 3.05) is 6.54 Å². The summed E-state index contributed by atoms with van der Waals surface area (Å²) in [5.74, 6) is -0.448. The molecule has 0 aliphatic rings. The van der Waals surface area contributed by atoms with Crippen molar-refractivity contribution in [1.82, 2.24) is 4.57 Å². The lowest BCUT2D eigenvalue weighted by atomic mass is 10.1. The Morgan fingerprint density at radius 3 is 2.70 bits per heavy atom.